The van der Waals surface area contributed by atoms with Gasteiger partial charge in [-0.2, -0.15) is 0 Å². The molecule has 0 bridgehead atoms. The molecule has 0 radical (unpaired) electrons. The summed E-state index contributed by atoms with van der Waals surface area (Å²) in [5, 5.41) is 4.29. The van der Waals surface area contributed by atoms with Gasteiger partial charge in [0.15, 0.2) is 0 Å². The molecular weight excluding hydrogens is 355 g/mol. The molecule has 2 aromatic rings. The first-order valence-electron chi connectivity index (χ1n) is 8.41. The largest absolute Gasteiger partial charge is 0.369 e. The topological polar surface area (TPSA) is 32.3 Å². The third-order valence-corrected chi connectivity index (χ3v) is 4.77. The van der Waals surface area contributed by atoms with Crippen LogP contribution < -0.4 is 10.2 Å². The second-order valence-electron chi connectivity index (χ2n) is 6.06. The number of anilines is 2. The van der Waals surface area contributed by atoms with Crippen LogP contribution >= 0.6 is 23.2 Å². The van der Waals surface area contributed by atoms with Gasteiger partial charge in [-0.3, -0.25) is 4.79 Å². The van der Waals surface area contributed by atoms with Gasteiger partial charge in [-0.1, -0.05) is 41.4 Å². The second-order valence-corrected chi connectivity index (χ2v) is 6.90. The number of hydrogen-bond acceptors (Lipinski definition) is 2. The number of nitrogens with zero attached hydrogens (tertiary/aromatic N) is 1. The molecule has 3 rings (SSSR count). The lowest BCUT2D eigenvalue weighted by atomic mass is 10.1. The molecule has 1 saturated heterocycles. The van der Waals surface area contributed by atoms with Gasteiger partial charge in [-0.25, -0.2) is 0 Å². The Labute approximate surface area is 158 Å². The Morgan fingerprint density at radius 3 is 2.44 bits per heavy atom. The van der Waals surface area contributed by atoms with Crippen LogP contribution in [0.3, 0.4) is 0 Å². The van der Waals surface area contributed by atoms with Gasteiger partial charge in [-0.15, -0.1) is 0 Å². The van der Waals surface area contributed by atoms with Gasteiger partial charge in [0.2, 0.25) is 5.91 Å². The van der Waals surface area contributed by atoms with E-state index in [1.54, 1.807) is 18.2 Å². The van der Waals surface area contributed by atoms with Gasteiger partial charge in [0.1, 0.15) is 0 Å². The number of amides is 1. The van der Waals surface area contributed by atoms with E-state index in [1.165, 1.54) is 12.5 Å². The molecule has 0 spiro atoms. The lowest BCUT2D eigenvalue weighted by Gasteiger charge is -2.31. The van der Waals surface area contributed by atoms with Crippen molar-refractivity contribution in [2.75, 3.05) is 23.3 Å². The minimum Gasteiger partial charge on any atom is -0.369 e. The molecule has 0 unspecified atom stereocenters. The smallest absolute Gasteiger partial charge is 0.248 e. The van der Waals surface area contributed by atoms with E-state index in [1.807, 2.05) is 30.3 Å². The fourth-order valence-corrected chi connectivity index (χ4v) is 3.40. The number of carbonyl (C=O) groups excluding carboxylic acids is 1. The number of benzene rings is 2. The van der Waals surface area contributed by atoms with Gasteiger partial charge in [0, 0.05) is 24.2 Å². The molecule has 3 nitrogen and oxygen atoms in total. The van der Waals surface area contributed by atoms with Gasteiger partial charge in [-0.05, 0) is 55.2 Å². The Balaban J connectivity index is 1.74. The average Bonchev–Trinajstić information content (AvgIpc) is 2.62. The van der Waals surface area contributed by atoms with E-state index < -0.39 is 0 Å². The maximum atomic E-state index is 12.3. The highest BCUT2D eigenvalue weighted by Gasteiger charge is 2.18. The van der Waals surface area contributed by atoms with E-state index in [0.29, 0.717) is 10.0 Å². The van der Waals surface area contributed by atoms with Crippen molar-refractivity contribution in [2.24, 2.45) is 0 Å². The van der Waals surface area contributed by atoms with E-state index >= 15 is 0 Å². The molecule has 1 N–H and O–H groups in total. The first kappa shape index (κ1) is 17.8. The number of para-hydroxylation sites is 1. The number of hydrogen-bond donors (Lipinski definition) is 1. The summed E-state index contributed by atoms with van der Waals surface area (Å²) in [6, 6.07) is 12.9. The van der Waals surface area contributed by atoms with Crippen LogP contribution in [0.25, 0.3) is 6.08 Å². The molecule has 1 heterocycles. The van der Waals surface area contributed by atoms with Gasteiger partial charge < -0.3 is 10.2 Å². The minimum absolute atomic E-state index is 0.185. The first-order valence-corrected chi connectivity index (χ1v) is 9.17. The molecule has 2 aromatic carbocycles. The van der Waals surface area contributed by atoms with E-state index in [2.05, 4.69) is 10.2 Å². The van der Waals surface area contributed by atoms with E-state index in [9.17, 15) is 4.79 Å². The highest BCUT2D eigenvalue weighted by Crippen LogP contribution is 2.35. The predicted molar refractivity (Wildman–Crippen MR) is 107 cm³/mol. The van der Waals surface area contributed by atoms with Crippen molar-refractivity contribution in [3.05, 3.63) is 64.1 Å². The van der Waals surface area contributed by atoms with Crippen LogP contribution in [0.15, 0.2) is 48.5 Å². The lowest BCUT2D eigenvalue weighted by Crippen LogP contribution is -2.30. The molecule has 25 heavy (non-hydrogen) atoms. The van der Waals surface area contributed by atoms with Crippen LogP contribution in [0, 0.1) is 0 Å². The number of halogens is 2. The van der Waals surface area contributed by atoms with E-state index in [-0.39, 0.29) is 5.91 Å². The fourth-order valence-electron chi connectivity index (χ4n) is 2.98. The highest BCUT2D eigenvalue weighted by molar-refractivity contribution is 6.34. The van der Waals surface area contributed by atoms with Crippen LogP contribution in [-0.4, -0.2) is 19.0 Å². The SMILES string of the molecule is O=C(/C=C/c1ccc(Cl)cc1)Nc1cccc(Cl)c1N1CCCCC1. The lowest BCUT2D eigenvalue weighted by molar-refractivity contribution is -0.111. The molecule has 1 amide bonds. The molecule has 1 aliphatic heterocycles. The van der Waals surface area contributed by atoms with Crippen LogP contribution in [-0.2, 0) is 4.79 Å². The number of rotatable bonds is 4. The third-order valence-electron chi connectivity index (χ3n) is 4.21. The van der Waals surface area contributed by atoms with Crippen molar-refractivity contribution >= 4 is 46.6 Å². The Hall–Kier alpha value is -1.97. The minimum atomic E-state index is -0.185. The van der Waals surface area contributed by atoms with Crippen molar-refractivity contribution in [1.29, 1.82) is 0 Å². The molecule has 0 saturated carbocycles. The molecule has 1 fully saturated rings. The maximum Gasteiger partial charge on any atom is 0.248 e. The zero-order chi connectivity index (χ0) is 17.6. The summed E-state index contributed by atoms with van der Waals surface area (Å²) in [5.74, 6) is -0.185. The van der Waals surface area contributed by atoms with Crippen molar-refractivity contribution < 1.29 is 4.79 Å². The summed E-state index contributed by atoms with van der Waals surface area (Å²) < 4.78 is 0. The van der Waals surface area contributed by atoms with Gasteiger partial charge in [0.05, 0.1) is 16.4 Å². The molecule has 5 heteroatoms. The van der Waals surface area contributed by atoms with Crippen LogP contribution in [0.4, 0.5) is 11.4 Å². The zero-order valence-corrected chi connectivity index (χ0v) is 15.4. The molecule has 130 valence electrons. The molecule has 1 aliphatic rings. The number of piperidine rings is 1. The Bertz CT molecular complexity index is 766. The second kappa shape index (κ2) is 8.41. The van der Waals surface area contributed by atoms with Crippen LogP contribution in [0.2, 0.25) is 10.0 Å². The summed E-state index contributed by atoms with van der Waals surface area (Å²) in [4.78, 5) is 14.6. The normalized spacial score (nSPS) is 14.7. The Morgan fingerprint density at radius 2 is 1.72 bits per heavy atom. The predicted octanol–water partition coefficient (Wildman–Crippen LogP) is 5.64. The standard InChI is InChI=1S/C20H20Cl2N2O/c21-16-10-7-15(8-11-16)9-12-19(25)23-18-6-4-5-17(22)20(18)24-13-2-1-3-14-24/h4-12H,1-3,13-14H2,(H,23,25)/b12-9+. The van der Waals surface area contributed by atoms with Crippen molar-refractivity contribution in [1.82, 2.24) is 0 Å². The summed E-state index contributed by atoms with van der Waals surface area (Å²) in [6.45, 7) is 1.93. The number of carbonyl (C=O) groups is 1. The summed E-state index contributed by atoms with van der Waals surface area (Å²) in [6.07, 6.45) is 6.82. The third kappa shape index (κ3) is 4.77. The number of nitrogens with one attached hydrogen (secondary N) is 1. The molecule has 0 aromatic heterocycles. The van der Waals surface area contributed by atoms with Crippen LogP contribution in [0.5, 0.6) is 0 Å². The summed E-state index contributed by atoms with van der Waals surface area (Å²) in [5.41, 5.74) is 2.58. The van der Waals surface area contributed by atoms with Crippen molar-refractivity contribution in [2.45, 2.75) is 19.3 Å². The first-order chi connectivity index (χ1) is 12.1. The average molecular weight is 375 g/mol. The molecule has 0 aliphatic carbocycles. The Kier molecular flexibility index (Phi) is 6.00. The van der Waals surface area contributed by atoms with E-state index in [4.69, 9.17) is 23.2 Å². The van der Waals surface area contributed by atoms with Crippen molar-refractivity contribution in [3.63, 3.8) is 0 Å². The highest BCUT2D eigenvalue weighted by atomic mass is 35.5. The molecular formula is C20H20Cl2N2O. The zero-order valence-electron chi connectivity index (χ0n) is 13.8. The monoisotopic (exact) mass is 374 g/mol. The summed E-state index contributed by atoms with van der Waals surface area (Å²) >= 11 is 12.3. The van der Waals surface area contributed by atoms with Crippen LogP contribution in [0.1, 0.15) is 24.8 Å². The molecule has 0 atom stereocenters. The maximum absolute atomic E-state index is 12.3. The van der Waals surface area contributed by atoms with Crippen molar-refractivity contribution in [3.8, 4) is 0 Å². The van der Waals surface area contributed by atoms with E-state index in [0.717, 1.165) is 42.9 Å². The van der Waals surface area contributed by atoms with Gasteiger partial charge in [0.25, 0.3) is 0 Å². The van der Waals surface area contributed by atoms with Gasteiger partial charge >= 0.3 is 0 Å². The quantitative estimate of drug-likeness (QED) is 0.702. The fraction of sp³-hybridized carbons (Fsp3) is 0.250. The summed E-state index contributed by atoms with van der Waals surface area (Å²) in [7, 11) is 0. The Morgan fingerprint density at radius 1 is 1.00 bits per heavy atom.